The Morgan fingerprint density at radius 3 is 2.50 bits per heavy atom. The second-order valence-electron chi connectivity index (χ2n) is 5.08. The molecule has 1 N–H and O–H groups in total. The molecule has 1 unspecified atom stereocenters. The van der Waals surface area contributed by atoms with Gasteiger partial charge in [-0.3, -0.25) is 0 Å². The summed E-state index contributed by atoms with van der Waals surface area (Å²) in [5.41, 5.74) is -1.35. The molecule has 1 heterocycles. The molecule has 0 bridgehead atoms. The number of hydrogen-bond donors (Lipinski definition) is 1. The Kier molecular flexibility index (Phi) is 3.24. The minimum absolute atomic E-state index is 0.0851. The number of amides is 2. The van der Waals surface area contributed by atoms with Gasteiger partial charge in [0.1, 0.15) is 0 Å². The van der Waals surface area contributed by atoms with Crippen LogP contribution in [0.5, 0.6) is 0 Å². The average Bonchev–Trinajstić information content (AvgIpc) is 3.24. The highest BCUT2D eigenvalue weighted by atomic mass is 19.4. The van der Waals surface area contributed by atoms with Gasteiger partial charge in [-0.1, -0.05) is 5.92 Å². The smallest absolute Gasteiger partial charge is 0.321 e. The number of hydrogen-bond acceptors (Lipinski definition) is 1. The van der Waals surface area contributed by atoms with Gasteiger partial charge in [0.2, 0.25) is 0 Å². The van der Waals surface area contributed by atoms with Crippen molar-refractivity contribution >= 4 is 11.7 Å². The maximum atomic E-state index is 13.9. The monoisotopic (exact) mass is 316 g/mol. The SMILES string of the molecule is O=C1NC(C(F)(F)F)c2c(ccc(F)c2F)N1C#CC1CC1. The van der Waals surface area contributed by atoms with Crippen LogP contribution in [0.2, 0.25) is 0 Å². The van der Waals surface area contributed by atoms with Crippen LogP contribution in [0.3, 0.4) is 0 Å². The third-order valence-corrected chi connectivity index (χ3v) is 3.40. The number of nitrogens with zero attached hydrogens (tertiary/aromatic N) is 1. The van der Waals surface area contributed by atoms with Crippen LogP contribution in [0.15, 0.2) is 12.1 Å². The quantitative estimate of drug-likeness (QED) is 0.577. The van der Waals surface area contributed by atoms with Gasteiger partial charge in [0.05, 0.1) is 5.69 Å². The first-order valence-electron chi connectivity index (χ1n) is 6.45. The van der Waals surface area contributed by atoms with Crippen molar-refractivity contribution < 1.29 is 26.7 Å². The van der Waals surface area contributed by atoms with E-state index in [-0.39, 0.29) is 5.92 Å². The molecule has 0 radical (unpaired) electrons. The molecule has 1 aliphatic heterocycles. The molecule has 8 heteroatoms. The molecule has 0 saturated heterocycles. The number of alkyl halides is 3. The molecule has 1 atom stereocenters. The van der Waals surface area contributed by atoms with Crippen molar-refractivity contribution in [1.82, 2.24) is 5.32 Å². The Balaban J connectivity index is 2.13. The fourth-order valence-electron chi connectivity index (χ4n) is 2.14. The van der Waals surface area contributed by atoms with E-state index >= 15 is 0 Å². The molecule has 22 heavy (non-hydrogen) atoms. The van der Waals surface area contributed by atoms with Crippen molar-refractivity contribution in [1.29, 1.82) is 0 Å². The summed E-state index contributed by atoms with van der Waals surface area (Å²) < 4.78 is 66.2. The van der Waals surface area contributed by atoms with E-state index < -0.39 is 41.1 Å². The van der Waals surface area contributed by atoms with E-state index in [1.54, 1.807) is 5.32 Å². The first-order chi connectivity index (χ1) is 10.3. The minimum atomic E-state index is -4.95. The normalized spacial score (nSPS) is 20.9. The number of fused-ring (bicyclic) bond motifs is 1. The predicted molar refractivity (Wildman–Crippen MR) is 66.7 cm³/mol. The standard InChI is InChI=1S/C14H9F5N2O/c15-8-3-4-9-10(11(8)16)12(14(17,18)19)20-13(22)21(9)6-5-7-1-2-7/h3-4,7,12H,1-2H2,(H,20,22). The van der Waals surface area contributed by atoms with Crippen molar-refractivity contribution in [3.05, 3.63) is 29.3 Å². The fourth-order valence-corrected chi connectivity index (χ4v) is 2.14. The van der Waals surface area contributed by atoms with Gasteiger partial charge in [0.25, 0.3) is 0 Å². The highest BCUT2D eigenvalue weighted by Gasteiger charge is 2.49. The lowest BCUT2D eigenvalue weighted by Crippen LogP contribution is -2.49. The lowest BCUT2D eigenvalue weighted by molar-refractivity contribution is -0.155. The molecular formula is C14H9F5N2O. The zero-order chi connectivity index (χ0) is 16.1. The lowest BCUT2D eigenvalue weighted by Gasteiger charge is -2.33. The summed E-state index contributed by atoms with van der Waals surface area (Å²) in [6, 6.07) is 0.296. The summed E-state index contributed by atoms with van der Waals surface area (Å²) in [5.74, 6) is -0.270. The third-order valence-electron chi connectivity index (χ3n) is 3.40. The molecule has 1 aromatic rings. The molecule has 0 aromatic heterocycles. The topological polar surface area (TPSA) is 32.3 Å². The van der Waals surface area contributed by atoms with Crippen molar-refractivity contribution in [2.75, 3.05) is 4.90 Å². The van der Waals surface area contributed by atoms with Crippen molar-refractivity contribution in [3.63, 3.8) is 0 Å². The number of carbonyl (C=O) groups is 1. The Morgan fingerprint density at radius 2 is 1.91 bits per heavy atom. The van der Waals surface area contributed by atoms with Crippen LogP contribution in [0.1, 0.15) is 24.4 Å². The summed E-state index contributed by atoms with van der Waals surface area (Å²) in [7, 11) is 0. The van der Waals surface area contributed by atoms with Gasteiger partial charge >= 0.3 is 12.2 Å². The molecule has 2 aliphatic rings. The van der Waals surface area contributed by atoms with Crippen LogP contribution < -0.4 is 10.2 Å². The van der Waals surface area contributed by atoms with E-state index in [0.29, 0.717) is 11.0 Å². The van der Waals surface area contributed by atoms with E-state index in [0.717, 1.165) is 18.9 Å². The molecule has 0 spiro atoms. The largest absolute Gasteiger partial charge is 0.413 e. The fraction of sp³-hybridized carbons (Fsp3) is 0.357. The summed E-state index contributed by atoms with van der Waals surface area (Å²) in [6.45, 7) is 0. The Labute approximate surface area is 122 Å². The van der Waals surface area contributed by atoms with E-state index in [1.165, 1.54) is 0 Å². The molecular weight excluding hydrogens is 307 g/mol. The van der Waals surface area contributed by atoms with Gasteiger partial charge in [-0.25, -0.2) is 18.5 Å². The van der Waals surface area contributed by atoms with Crippen LogP contribution in [-0.2, 0) is 0 Å². The lowest BCUT2D eigenvalue weighted by atomic mass is 10.00. The van der Waals surface area contributed by atoms with Gasteiger partial charge in [0, 0.05) is 17.5 Å². The Bertz CT molecular complexity index is 700. The van der Waals surface area contributed by atoms with Crippen molar-refractivity contribution in [2.24, 2.45) is 5.92 Å². The Morgan fingerprint density at radius 1 is 1.23 bits per heavy atom. The van der Waals surface area contributed by atoms with Crippen LogP contribution in [0.25, 0.3) is 0 Å². The average molecular weight is 316 g/mol. The molecule has 116 valence electrons. The second kappa shape index (κ2) is 4.87. The second-order valence-corrected chi connectivity index (χ2v) is 5.08. The zero-order valence-corrected chi connectivity index (χ0v) is 11.0. The highest BCUT2D eigenvalue weighted by Crippen LogP contribution is 2.42. The number of carbonyl (C=O) groups excluding carboxylic acids is 1. The molecule has 1 saturated carbocycles. The summed E-state index contributed by atoms with van der Waals surface area (Å²) in [6.07, 6.45) is -3.26. The zero-order valence-electron chi connectivity index (χ0n) is 11.0. The van der Waals surface area contributed by atoms with Crippen LogP contribution in [-0.4, -0.2) is 12.2 Å². The van der Waals surface area contributed by atoms with Crippen LogP contribution >= 0.6 is 0 Å². The maximum absolute atomic E-state index is 13.9. The van der Waals surface area contributed by atoms with E-state index in [4.69, 9.17) is 0 Å². The first-order valence-corrected chi connectivity index (χ1v) is 6.45. The third kappa shape index (κ3) is 2.47. The van der Waals surface area contributed by atoms with E-state index in [2.05, 4.69) is 12.0 Å². The summed E-state index contributed by atoms with van der Waals surface area (Å²) in [5, 5.41) is 1.63. The van der Waals surface area contributed by atoms with Gasteiger partial charge in [0.15, 0.2) is 17.7 Å². The number of halogens is 5. The molecule has 3 rings (SSSR count). The number of benzene rings is 1. The van der Waals surface area contributed by atoms with Gasteiger partial charge in [-0.15, -0.1) is 0 Å². The molecule has 1 aliphatic carbocycles. The van der Waals surface area contributed by atoms with Crippen molar-refractivity contribution in [3.8, 4) is 12.0 Å². The van der Waals surface area contributed by atoms with E-state index in [9.17, 15) is 26.7 Å². The molecule has 1 fully saturated rings. The van der Waals surface area contributed by atoms with Crippen LogP contribution in [0.4, 0.5) is 32.4 Å². The van der Waals surface area contributed by atoms with Gasteiger partial charge < -0.3 is 5.32 Å². The van der Waals surface area contributed by atoms with Crippen molar-refractivity contribution in [2.45, 2.75) is 25.1 Å². The summed E-state index contributed by atoms with van der Waals surface area (Å²) >= 11 is 0. The Hall–Kier alpha value is -2.30. The molecule has 1 aromatic carbocycles. The number of anilines is 1. The number of urea groups is 1. The predicted octanol–water partition coefficient (Wildman–Crippen LogP) is 3.47. The summed E-state index contributed by atoms with van der Waals surface area (Å²) in [4.78, 5) is 12.5. The first kappa shape index (κ1) is 14.6. The molecule has 2 amide bonds. The van der Waals surface area contributed by atoms with Gasteiger partial charge in [-0.2, -0.15) is 13.2 Å². The maximum Gasteiger partial charge on any atom is 0.413 e. The van der Waals surface area contributed by atoms with Gasteiger partial charge in [-0.05, 0) is 25.0 Å². The number of nitrogens with one attached hydrogen (secondary N) is 1. The number of rotatable bonds is 0. The highest BCUT2D eigenvalue weighted by molar-refractivity contribution is 5.98. The molecule has 3 nitrogen and oxygen atoms in total. The van der Waals surface area contributed by atoms with Crippen LogP contribution in [0, 0.1) is 29.5 Å². The van der Waals surface area contributed by atoms with E-state index in [1.807, 2.05) is 0 Å². The minimum Gasteiger partial charge on any atom is -0.321 e.